The van der Waals surface area contributed by atoms with E-state index in [2.05, 4.69) is 43.5 Å². The highest BCUT2D eigenvalue weighted by Gasteiger charge is 2.18. The summed E-state index contributed by atoms with van der Waals surface area (Å²) in [5.41, 5.74) is 0. The Kier molecular flexibility index (Phi) is 49.8. The molecule has 4 nitrogen and oxygen atoms in total. The molecule has 0 heterocycles. The minimum atomic E-state index is -0.843. The SMILES string of the molecule is CCCCCC/C=C\C/C=C\CCCCCCCCCC(=O)NC(CO)C(O)/C=C/CCCCCCCCCCCCCCCCCCCCCCCCCCCCC. The first-order valence-corrected chi connectivity index (χ1v) is 26.7. The van der Waals surface area contributed by atoms with Crippen molar-refractivity contribution in [2.75, 3.05) is 6.61 Å². The van der Waals surface area contributed by atoms with Gasteiger partial charge in [0.05, 0.1) is 18.8 Å². The molecule has 0 rings (SSSR count). The predicted octanol–water partition coefficient (Wildman–Crippen LogP) is 17.3. The highest BCUT2D eigenvalue weighted by Crippen LogP contribution is 2.17. The topological polar surface area (TPSA) is 69.6 Å². The van der Waals surface area contributed by atoms with Crippen LogP contribution in [0.15, 0.2) is 36.5 Å². The van der Waals surface area contributed by atoms with E-state index in [-0.39, 0.29) is 12.5 Å². The van der Waals surface area contributed by atoms with Crippen molar-refractivity contribution >= 4 is 5.91 Å². The van der Waals surface area contributed by atoms with Crippen molar-refractivity contribution in [3.8, 4) is 0 Å². The Hall–Kier alpha value is -1.39. The van der Waals surface area contributed by atoms with Crippen molar-refractivity contribution < 1.29 is 15.0 Å². The predicted molar refractivity (Wildman–Crippen MR) is 262 cm³/mol. The summed E-state index contributed by atoms with van der Waals surface area (Å²) in [4.78, 5) is 12.4. The molecule has 348 valence electrons. The Morgan fingerprint density at radius 1 is 0.407 bits per heavy atom. The van der Waals surface area contributed by atoms with Crippen molar-refractivity contribution in [2.24, 2.45) is 0 Å². The lowest BCUT2D eigenvalue weighted by Crippen LogP contribution is -2.45. The molecule has 1 amide bonds. The zero-order valence-corrected chi connectivity index (χ0v) is 40.0. The molecule has 0 aromatic rings. The average molecular weight is 828 g/mol. The Balaban J connectivity index is 3.48. The Bertz CT molecular complexity index is 897. The first kappa shape index (κ1) is 57.6. The maximum atomic E-state index is 12.4. The molecular formula is C55H105NO3. The highest BCUT2D eigenvalue weighted by atomic mass is 16.3. The van der Waals surface area contributed by atoms with E-state index in [1.54, 1.807) is 6.08 Å². The van der Waals surface area contributed by atoms with Gasteiger partial charge in [0.2, 0.25) is 5.91 Å². The van der Waals surface area contributed by atoms with Gasteiger partial charge in [-0.15, -0.1) is 0 Å². The molecular weight excluding hydrogens is 723 g/mol. The van der Waals surface area contributed by atoms with Crippen molar-refractivity contribution in [1.82, 2.24) is 5.32 Å². The first-order chi connectivity index (χ1) is 29.2. The van der Waals surface area contributed by atoms with Gasteiger partial charge >= 0.3 is 0 Å². The second kappa shape index (κ2) is 51.0. The molecule has 3 N–H and O–H groups in total. The number of aliphatic hydroxyl groups is 2. The number of hydrogen-bond donors (Lipinski definition) is 3. The molecule has 0 aromatic heterocycles. The van der Waals surface area contributed by atoms with Gasteiger partial charge in [-0.3, -0.25) is 4.79 Å². The molecule has 0 aliphatic carbocycles. The highest BCUT2D eigenvalue weighted by molar-refractivity contribution is 5.76. The maximum absolute atomic E-state index is 12.4. The third kappa shape index (κ3) is 47.5. The van der Waals surface area contributed by atoms with E-state index in [1.165, 1.54) is 238 Å². The summed E-state index contributed by atoms with van der Waals surface area (Å²) in [7, 11) is 0. The summed E-state index contributed by atoms with van der Waals surface area (Å²) in [5.74, 6) is -0.0693. The minimum Gasteiger partial charge on any atom is -0.394 e. The van der Waals surface area contributed by atoms with Gasteiger partial charge in [-0.25, -0.2) is 0 Å². The number of carbonyl (C=O) groups excluding carboxylic acids is 1. The van der Waals surface area contributed by atoms with E-state index >= 15 is 0 Å². The molecule has 0 aliphatic rings. The number of nitrogens with one attached hydrogen (secondary N) is 1. The fourth-order valence-corrected chi connectivity index (χ4v) is 8.27. The number of carbonyl (C=O) groups is 1. The molecule has 0 saturated heterocycles. The summed E-state index contributed by atoms with van der Waals surface area (Å²) in [6.45, 7) is 4.31. The van der Waals surface area contributed by atoms with Crippen molar-refractivity contribution in [3.63, 3.8) is 0 Å². The number of amides is 1. The number of allylic oxidation sites excluding steroid dienone is 5. The average Bonchev–Trinajstić information content (AvgIpc) is 3.24. The normalized spacial score (nSPS) is 13.1. The van der Waals surface area contributed by atoms with Crippen LogP contribution >= 0.6 is 0 Å². The second-order valence-electron chi connectivity index (χ2n) is 18.3. The fraction of sp³-hybridized carbons (Fsp3) is 0.873. The third-order valence-corrected chi connectivity index (χ3v) is 12.4. The zero-order chi connectivity index (χ0) is 42.8. The van der Waals surface area contributed by atoms with Crippen LogP contribution in [0.4, 0.5) is 0 Å². The van der Waals surface area contributed by atoms with Crippen molar-refractivity contribution in [2.45, 2.75) is 302 Å². The Labute approximate surface area is 370 Å². The van der Waals surface area contributed by atoms with Gasteiger partial charge in [-0.2, -0.15) is 0 Å². The molecule has 0 fully saturated rings. The van der Waals surface area contributed by atoms with Crippen molar-refractivity contribution in [1.29, 1.82) is 0 Å². The van der Waals surface area contributed by atoms with E-state index in [9.17, 15) is 15.0 Å². The number of hydrogen-bond acceptors (Lipinski definition) is 3. The third-order valence-electron chi connectivity index (χ3n) is 12.4. The fourth-order valence-electron chi connectivity index (χ4n) is 8.27. The molecule has 2 unspecified atom stereocenters. The molecule has 2 atom stereocenters. The van der Waals surface area contributed by atoms with Gasteiger partial charge in [0.15, 0.2) is 0 Å². The summed E-state index contributed by atoms with van der Waals surface area (Å²) in [6, 6.07) is -0.627. The van der Waals surface area contributed by atoms with Gasteiger partial charge in [0.1, 0.15) is 0 Å². The molecule has 0 saturated carbocycles. The molecule has 0 radical (unpaired) electrons. The van der Waals surface area contributed by atoms with Gasteiger partial charge in [0, 0.05) is 6.42 Å². The Morgan fingerprint density at radius 2 is 0.695 bits per heavy atom. The van der Waals surface area contributed by atoms with Crippen LogP contribution in [0.2, 0.25) is 0 Å². The van der Waals surface area contributed by atoms with Gasteiger partial charge in [-0.1, -0.05) is 269 Å². The quantitative estimate of drug-likeness (QED) is 0.0423. The lowest BCUT2D eigenvalue weighted by molar-refractivity contribution is -0.123. The van der Waals surface area contributed by atoms with Crippen molar-refractivity contribution in [3.05, 3.63) is 36.5 Å². The standard InChI is InChI=1S/C55H105NO3/c1-3-5-7-9-11-13-15-17-19-21-23-24-25-26-27-28-29-30-31-32-33-34-36-38-40-42-44-46-48-50-54(58)53(52-57)56-55(59)51-49-47-45-43-41-39-37-35-22-20-18-16-14-12-10-8-6-4-2/h14,16,20,22,48,50,53-54,57-58H,3-13,15,17-19,21,23-47,49,51-52H2,1-2H3,(H,56,59)/b16-14-,22-20-,50-48+. The molecule has 4 heteroatoms. The van der Waals surface area contributed by atoms with E-state index < -0.39 is 12.1 Å². The smallest absolute Gasteiger partial charge is 0.220 e. The second-order valence-corrected chi connectivity index (χ2v) is 18.3. The lowest BCUT2D eigenvalue weighted by atomic mass is 10.0. The van der Waals surface area contributed by atoms with Gasteiger partial charge in [0.25, 0.3) is 0 Å². The number of unbranched alkanes of at least 4 members (excludes halogenated alkanes) is 38. The van der Waals surface area contributed by atoms with Crippen LogP contribution in [0.5, 0.6) is 0 Å². The van der Waals surface area contributed by atoms with Crippen LogP contribution in [0.25, 0.3) is 0 Å². The van der Waals surface area contributed by atoms with E-state index in [0.717, 1.165) is 32.1 Å². The van der Waals surface area contributed by atoms with E-state index in [1.807, 2.05) is 6.08 Å². The van der Waals surface area contributed by atoms with E-state index in [4.69, 9.17) is 0 Å². The molecule has 0 bridgehead atoms. The molecule has 0 aromatic carbocycles. The number of aliphatic hydroxyl groups excluding tert-OH is 2. The zero-order valence-electron chi connectivity index (χ0n) is 40.0. The van der Waals surface area contributed by atoms with Crippen LogP contribution in [-0.4, -0.2) is 34.9 Å². The monoisotopic (exact) mass is 828 g/mol. The molecule has 59 heavy (non-hydrogen) atoms. The van der Waals surface area contributed by atoms with Crippen LogP contribution in [0.1, 0.15) is 290 Å². The first-order valence-electron chi connectivity index (χ1n) is 26.7. The minimum absolute atomic E-state index is 0.0693. The summed E-state index contributed by atoms with van der Waals surface area (Å²) < 4.78 is 0. The largest absolute Gasteiger partial charge is 0.394 e. The summed E-state index contributed by atoms with van der Waals surface area (Å²) >= 11 is 0. The van der Waals surface area contributed by atoms with Crippen LogP contribution in [0.3, 0.4) is 0 Å². The van der Waals surface area contributed by atoms with Gasteiger partial charge < -0.3 is 15.5 Å². The Morgan fingerprint density at radius 3 is 1.03 bits per heavy atom. The summed E-state index contributed by atoms with van der Waals surface area (Å²) in [6.07, 6.45) is 68.7. The van der Waals surface area contributed by atoms with Crippen LogP contribution < -0.4 is 5.32 Å². The van der Waals surface area contributed by atoms with Crippen LogP contribution in [-0.2, 0) is 4.79 Å². The summed E-state index contributed by atoms with van der Waals surface area (Å²) in [5, 5.41) is 23.1. The van der Waals surface area contributed by atoms with Crippen LogP contribution in [0, 0.1) is 0 Å². The maximum Gasteiger partial charge on any atom is 0.220 e. The van der Waals surface area contributed by atoms with Gasteiger partial charge in [-0.05, 0) is 51.4 Å². The molecule has 0 spiro atoms. The molecule has 0 aliphatic heterocycles. The van der Waals surface area contributed by atoms with E-state index in [0.29, 0.717) is 6.42 Å². The number of rotatable bonds is 49. The lowest BCUT2D eigenvalue weighted by Gasteiger charge is -2.20.